The maximum absolute atomic E-state index is 11.8. The summed E-state index contributed by atoms with van der Waals surface area (Å²) >= 11 is 1.40. The third-order valence-corrected chi connectivity index (χ3v) is 3.48. The summed E-state index contributed by atoms with van der Waals surface area (Å²) in [5, 5.41) is 3.27. The quantitative estimate of drug-likeness (QED) is 0.779. The highest BCUT2D eigenvalue weighted by atomic mass is 32.1. The second kappa shape index (κ2) is 4.69. The Bertz CT molecular complexity index is 720. The van der Waals surface area contributed by atoms with Crippen LogP contribution in [0.4, 0.5) is 9.93 Å². The van der Waals surface area contributed by atoms with Gasteiger partial charge in [-0.3, -0.25) is 9.88 Å². The molecule has 2 aromatic heterocycles. The number of benzene rings is 1. The molecule has 1 aromatic carbocycles. The van der Waals surface area contributed by atoms with Crippen molar-refractivity contribution in [1.82, 2.24) is 14.5 Å². The number of hydrogen-bond donors (Lipinski definition) is 1. The highest BCUT2D eigenvalue weighted by molar-refractivity contribution is 7.22. The van der Waals surface area contributed by atoms with Gasteiger partial charge in [0.15, 0.2) is 5.13 Å². The molecule has 0 fully saturated rings. The molecule has 0 aliphatic heterocycles. The lowest BCUT2D eigenvalue weighted by molar-refractivity contribution is 0.253. The minimum Gasteiger partial charge on any atom is -0.497 e. The van der Waals surface area contributed by atoms with Crippen molar-refractivity contribution in [3.05, 3.63) is 36.9 Å². The van der Waals surface area contributed by atoms with Gasteiger partial charge in [-0.1, -0.05) is 11.3 Å². The van der Waals surface area contributed by atoms with Crippen LogP contribution in [0.25, 0.3) is 10.2 Å². The highest BCUT2D eigenvalue weighted by Crippen LogP contribution is 2.29. The number of ether oxygens (including phenoxy) is 1. The van der Waals surface area contributed by atoms with E-state index in [1.54, 1.807) is 19.5 Å². The van der Waals surface area contributed by atoms with Crippen LogP contribution in [0.1, 0.15) is 0 Å². The zero-order chi connectivity index (χ0) is 13.2. The van der Waals surface area contributed by atoms with Gasteiger partial charge < -0.3 is 4.74 Å². The Labute approximate surface area is 112 Å². The molecule has 7 heteroatoms. The maximum atomic E-state index is 11.8. The molecule has 1 N–H and O–H groups in total. The summed E-state index contributed by atoms with van der Waals surface area (Å²) in [6, 6.07) is 5.30. The van der Waals surface area contributed by atoms with Crippen molar-refractivity contribution < 1.29 is 9.53 Å². The number of methoxy groups -OCH3 is 1. The summed E-state index contributed by atoms with van der Waals surface area (Å²) in [5.41, 5.74) is 0.826. The smallest absolute Gasteiger partial charge is 0.333 e. The number of anilines is 1. The van der Waals surface area contributed by atoms with E-state index in [1.807, 2.05) is 18.2 Å². The molecule has 2 heterocycles. The van der Waals surface area contributed by atoms with Gasteiger partial charge in [-0.15, -0.1) is 0 Å². The van der Waals surface area contributed by atoms with E-state index in [0.717, 1.165) is 16.0 Å². The van der Waals surface area contributed by atoms with Crippen molar-refractivity contribution in [2.75, 3.05) is 12.4 Å². The number of nitrogens with one attached hydrogen (secondary N) is 1. The van der Waals surface area contributed by atoms with Crippen LogP contribution in [-0.4, -0.2) is 27.7 Å². The van der Waals surface area contributed by atoms with E-state index < -0.39 is 0 Å². The van der Waals surface area contributed by atoms with Crippen LogP contribution in [0, 0.1) is 0 Å². The molecule has 0 atom stereocenters. The normalized spacial score (nSPS) is 10.6. The van der Waals surface area contributed by atoms with Crippen LogP contribution >= 0.6 is 11.3 Å². The first-order valence-corrected chi connectivity index (χ1v) is 6.32. The molecule has 3 aromatic rings. The molecule has 19 heavy (non-hydrogen) atoms. The first-order chi connectivity index (χ1) is 9.26. The average molecular weight is 274 g/mol. The Morgan fingerprint density at radius 3 is 3.11 bits per heavy atom. The molecule has 96 valence electrons. The van der Waals surface area contributed by atoms with Gasteiger partial charge in [-0.2, -0.15) is 0 Å². The summed E-state index contributed by atoms with van der Waals surface area (Å²) in [6.45, 7) is 0. The van der Waals surface area contributed by atoms with Crippen LogP contribution < -0.4 is 10.1 Å². The number of hydrogen-bond acceptors (Lipinski definition) is 5. The molecular weight excluding hydrogens is 264 g/mol. The number of rotatable bonds is 2. The predicted molar refractivity (Wildman–Crippen MR) is 72.8 cm³/mol. The zero-order valence-corrected chi connectivity index (χ0v) is 10.8. The first-order valence-electron chi connectivity index (χ1n) is 5.50. The van der Waals surface area contributed by atoms with Gasteiger partial charge >= 0.3 is 6.03 Å². The Hall–Kier alpha value is -2.41. The SMILES string of the molecule is COc1ccc2nc(NC(=O)n3ccnc3)sc2c1. The molecule has 3 rings (SSSR count). The lowest BCUT2D eigenvalue weighted by atomic mass is 10.3. The summed E-state index contributed by atoms with van der Waals surface area (Å²) in [7, 11) is 1.62. The lowest BCUT2D eigenvalue weighted by Crippen LogP contribution is -2.17. The number of thiazole rings is 1. The van der Waals surface area contributed by atoms with Gasteiger partial charge in [-0.05, 0) is 18.2 Å². The van der Waals surface area contributed by atoms with Crippen LogP contribution in [0.15, 0.2) is 36.9 Å². The van der Waals surface area contributed by atoms with E-state index in [2.05, 4.69) is 15.3 Å². The van der Waals surface area contributed by atoms with Crippen molar-refractivity contribution in [2.24, 2.45) is 0 Å². The summed E-state index contributed by atoms with van der Waals surface area (Å²) < 4.78 is 7.46. The van der Waals surface area contributed by atoms with E-state index >= 15 is 0 Å². The first kappa shape index (κ1) is 11.7. The fourth-order valence-electron chi connectivity index (χ4n) is 1.62. The van der Waals surface area contributed by atoms with Crippen molar-refractivity contribution in [2.45, 2.75) is 0 Å². The van der Waals surface area contributed by atoms with Crippen molar-refractivity contribution in [3.8, 4) is 5.75 Å². The molecule has 0 bridgehead atoms. The largest absolute Gasteiger partial charge is 0.497 e. The van der Waals surface area contributed by atoms with Crippen LogP contribution in [0.3, 0.4) is 0 Å². The van der Waals surface area contributed by atoms with Crippen LogP contribution in [0.2, 0.25) is 0 Å². The number of nitrogens with zero attached hydrogens (tertiary/aromatic N) is 3. The minimum atomic E-state index is -0.288. The highest BCUT2D eigenvalue weighted by Gasteiger charge is 2.09. The number of carbonyl (C=O) groups excluding carboxylic acids is 1. The van der Waals surface area contributed by atoms with Crippen molar-refractivity contribution >= 4 is 32.7 Å². The van der Waals surface area contributed by atoms with E-state index in [-0.39, 0.29) is 6.03 Å². The Kier molecular flexibility index (Phi) is 2.88. The number of imidazole rings is 1. The van der Waals surface area contributed by atoms with Crippen molar-refractivity contribution in [3.63, 3.8) is 0 Å². The topological polar surface area (TPSA) is 69.0 Å². The van der Waals surface area contributed by atoms with Gasteiger partial charge in [-0.25, -0.2) is 14.8 Å². The van der Waals surface area contributed by atoms with Gasteiger partial charge in [0.25, 0.3) is 0 Å². The van der Waals surface area contributed by atoms with Crippen LogP contribution in [0.5, 0.6) is 5.75 Å². The molecule has 0 unspecified atom stereocenters. The molecule has 0 aliphatic carbocycles. The third-order valence-electron chi connectivity index (χ3n) is 2.55. The predicted octanol–water partition coefficient (Wildman–Crippen LogP) is 2.58. The molecule has 0 saturated heterocycles. The lowest BCUT2D eigenvalue weighted by Gasteiger charge is -1.99. The summed E-state index contributed by atoms with van der Waals surface area (Å²) in [4.78, 5) is 20.0. The fourth-order valence-corrected chi connectivity index (χ4v) is 2.50. The Balaban J connectivity index is 1.87. The second-order valence-electron chi connectivity index (χ2n) is 3.75. The molecule has 0 spiro atoms. The van der Waals surface area contributed by atoms with Gasteiger partial charge in [0.1, 0.15) is 12.1 Å². The number of aromatic nitrogens is 3. The number of amides is 1. The molecule has 0 aliphatic rings. The maximum Gasteiger partial charge on any atom is 0.333 e. The van der Waals surface area contributed by atoms with E-state index in [0.29, 0.717) is 5.13 Å². The molecule has 0 radical (unpaired) electrons. The molecule has 1 amide bonds. The number of fused-ring (bicyclic) bond motifs is 1. The van der Waals surface area contributed by atoms with Gasteiger partial charge in [0.05, 0.1) is 17.3 Å². The monoisotopic (exact) mass is 274 g/mol. The van der Waals surface area contributed by atoms with Gasteiger partial charge in [0.2, 0.25) is 0 Å². The summed E-state index contributed by atoms with van der Waals surface area (Å²) in [5.74, 6) is 0.767. The van der Waals surface area contributed by atoms with Gasteiger partial charge in [0, 0.05) is 12.4 Å². The van der Waals surface area contributed by atoms with Crippen molar-refractivity contribution in [1.29, 1.82) is 0 Å². The molecule has 0 saturated carbocycles. The Morgan fingerprint density at radius 2 is 2.37 bits per heavy atom. The molecular formula is C12H10N4O2S. The fraction of sp³-hybridized carbons (Fsp3) is 0.0833. The van der Waals surface area contributed by atoms with E-state index in [4.69, 9.17) is 4.74 Å². The third kappa shape index (κ3) is 2.27. The zero-order valence-electron chi connectivity index (χ0n) is 10.0. The van der Waals surface area contributed by atoms with E-state index in [9.17, 15) is 4.79 Å². The Morgan fingerprint density at radius 1 is 1.47 bits per heavy atom. The second-order valence-corrected chi connectivity index (χ2v) is 4.78. The minimum absolute atomic E-state index is 0.288. The standard InChI is InChI=1S/C12H10N4O2S/c1-18-8-2-3-9-10(6-8)19-11(14-9)15-12(17)16-5-4-13-7-16/h2-7H,1H3,(H,14,15,17). The summed E-state index contributed by atoms with van der Waals surface area (Å²) in [6.07, 6.45) is 4.56. The van der Waals surface area contributed by atoms with E-state index in [1.165, 1.54) is 22.2 Å². The van der Waals surface area contributed by atoms with Crippen LogP contribution in [-0.2, 0) is 0 Å². The number of carbonyl (C=O) groups is 1. The molecule has 6 nitrogen and oxygen atoms in total. The average Bonchev–Trinajstić information content (AvgIpc) is 3.06.